The van der Waals surface area contributed by atoms with E-state index in [2.05, 4.69) is 36.5 Å². The molecule has 4 heteroatoms. The second kappa shape index (κ2) is 5.58. The number of thiazole rings is 1. The highest BCUT2D eigenvalue weighted by molar-refractivity contribution is 7.09. The topological polar surface area (TPSA) is 34.1 Å². The summed E-state index contributed by atoms with van der Waals surface area (Å²) < 4.78 is 5.52. The molecule has 0 fully saturated rings. The summed E-state index contributed by atoms with van der Waals surface area (Å²) in [4.78, 5) is 4.59. The number of rotatable bonds is 6. The predicted molar refractivity (Wildman–Crippen MR) is 64.1 cm³/mol. The van der Waals surface area contributed by atoms with Gasteiger partial charge >= 0.3 is 0 Å². The average molecular weight is 228 g/mol. The van der Waals surface area contributed by atoms with E-state index in [0.717, 1.165) is 30.2 Å². The monoisotopic (exact) mass is 228 g/mol. The van der Waals surface area contributed by atoms with Gasteiger partial charge in [-0.3, -0.25) is 0 Å². The quantitative estimate of drug-likeness (QED) is 0.812. The fourth-order valence-electron chi connectivity index (χ4n) is 1.27. The molecule has 0 amide bonds. The molecule has 1 aromatic rings. The number of hydrogen-bond donors (Lipinski definition) is 1. The molecular weight excluding hydrogens is 208 g/mol. The van der Waals surface area contributed by atoms with Crippen molar-refractivity contribution in [2.75, 3.05) is 13.7 Å². The molecule has 0 aliphatic carbocycles. The molecule has 3 nitrogen and oxygen atoms in total. The SMILES string of the molecule is CCNCc1csc(C(C)(CC)OC)n1. The van der Waals surface area contributed by atoms with Crippen molar-refractivity contribution >= 4 is 11.3 Å². The van der Waals surface area contributed by atoms with Crippen LogP contribution in [-0.2, 0) is 16.9 Å². The first-order valence-corrected chi connectivity index (χ1v) is 6.25. The minimum Gasteiger partial charge on any atom is -0.371 e. The largest absolute Gasteiger partial charge is 0.371 e. The van der Waals surface area contributed by atoms with E-state index in [-0.39, 0.29) is 5.60 Å². The highest BCUT2D eigenvalue weighted by Crippen LogP contribution is 2.30. The minimum absolute atomic E-state index is 0.227. The van der Waals surface area contributed by atoms with Crippen molar-refractivity contribution in [1.82, 2.24) is 10.3 Å². The fraction of sp³-hybridized carbons (Fsp3) is 0.727. The van der Waals surface area contributed by atoms with E-state index in [4.69, 9.17) is 4.74 Å². The Balaban J connectivity index is 2.74. The van der Waals surface area contributed by atoms with Crippen molar-refractivity contribution in [3.8, 4) is 0 Å². The smallest absolute Gasteiger partial charge is 0.125 e. The summed E-state index contributed by atoms with van der Waals surface area (Å²) in [6, 6.07) is 0. The second-order valence-corrected chi connectivity index (χ2v) is 4.57. The Morgan fingerprint density at radius 1 is 1.53 bits per heavy atom. The molecule has 1 N–H and O–H groups in total. The molecule has 1 unspecified atom stereocenters. The molecule has 1 atom stereocenters. The predicted octanol–water partition coefficient (Wildman–Crippen LogP) is 2.52. The first kappa shape index (κ1) is 12.6. The van der Waals surface area contributed by atoms with Gasteiger partial charge in [0.2, 0.25) is 0 Å². The van der Waals surface area contributed by atoms with Gasteiger partial charge in [-0.2, -0.15) is 0 Å². The molecule has 0 aliphatic rings. The number of hydrogen-bond acceptors (Lipinski definition) is 4. The summed E-state index contributed by atoms with van der Waals surface area (Å²) in [5.41, 5.74) is 0.878. The van der Waals surface area contributed by atoms with Crippen molar-refractivity contribution in [1.29, 1.82) is 0 Å². The third-order valence-corrected chi connectivity index (χ3v) is 3.82. The Labute approximate surface area is 95.9 Å². The van der Waals surface area contributed by atoms with Crippen molar-refractivity contribution in [2.45, 2.75) is 39.3 Å². The Morgan fingerprint density at radius 3 is 2.80 bits per heavy atom. The number of methoxy groups -OCH3 is 1. The molecule has 0 aliphatic heterocycles. The molecule has 0 spiro atoms. The summed E-state index contributed by atoms with van der Waals surface area (Å²) >= 11 is 1.68. The minimum atomic E-state index is -0.227. The van der Waals surface area contributed by atoms with Gasteiger partial charge in [0.25, 0.3) is 0 Å². The van der Waals surface area contributed by atoms with Crippen LogP contribution in [0.4, 0.5) is 0 Å². The molecule has 0 aromatic carbocycles. The van der Waals surface area contributed by atoms with E-state index < -0.39 is 0 Å². The van der Waals surface area contributed by atoms with Crippen molar-refractivity contribution in [3.63, 3.8) is 0 Å². The van der Waals surface area contributed by atoms with E-state index in [9.17, 15) is 0 Å². The normalized spacial score (nSPS) is 15.2. The van der Waals surface area contributed by atoms with Crippen LogP contribution >= 0.6 is 11.3 Å². The summed E-state index contributed by atoms with van der Waals surface area (Å²) in [7, 11) is 1.74. The van der Waals surface area contributed by atoms with Gasteiger partial charge < -0.3 is 10.1 Å². The number of aromatic nitrogens is 1. The zero-order chi connectivity index (χ0) is 11.3. The maximum Gasteiger partial charge on any atom is 0.125 e. The van der Waals surface area contributed by atoms with E-state index in [0.29, 0.717) is 0 Å². The van der Waals surface area contributed by atoms with Gasteiger partial charge in [0, 0.05) is 19.0 Å². The number of nitrogens with zero attached hydrogens (tertiary/aromatic N) is 1. The Kier molecular flexibility index (Phi) is 4.70. The van der Waals surface area contributed by atoms with Crippen LogP contribution in [0.3, 0.4) is 0 Å². The van der Waals surface area contributed by atoms with Gasteiger partial charge in [-0.1, -0.05) is 13.8 Å². The molecular formula is C11H20N2OS. The Hall–Kier alpha value is -0.450. The van der Waals surface area contributed by atoms with Crippen LogP contribution in [0.2, 0.25) is 0 Å². The van der Waals surface area contributed by atoms with Crippen LogP contribution in [0.25, 0.3) is 0 Å². The van der Waals surface area contributed by atoms with Gasteiger partial charge in [-0.05, 0) is 19.9 Å². The zero-order valence-electron chi connectivity index (χ0n) is 9.96. The molecule has 0 saturated carbocycles. The van der Waals surface area contributed by atoms with E-state index in [1.54, 1.807) is 18.4 Å². The molecule has 1 heterocycles. The second-order valence-electron chi connectivity index (χ2n) is 3.71. The van der Waals surface area contributed by atoms with Gasteiger partial charge in [-0.15, -0.1) is 11.3 Å². The Bertz CT molecular complexity index is 295. The van der Waals surface area contributed by atoms with Crippen molar-refractivity contribution < 1.29 is 4.74 Å². The van der Waals surface area contributed by atoms with Crippen LogP contribution in [-0.4, -0.2) is 18.6 Å². The number of ether oxygens (including phenoxy) is 1. The van der Waals surface area contributed by atoms with Crippen molar-refractivity contribution in [3.05, 3.63) is 16.1 Å². The molecule has 0 radical (unpaired) electrons. The first-order chi connectivity index (χ1) is 7.16. The maximum absolute atomic E-state index is 5.52. The van der Waals surface area contributed by atoms with Gasteiger partial charge in [-0.25, -0.2) is 4.98 Å². The van der Waals surface area contributed by atoms with Crippen LogP contribution in [0, 0.1) is 0 Å². The lowest BCUT2D eigenvalue weighted by Gasteiger charge is -2.23. The van der Waals surface area contributed by atoms with Gasteiger partial charge in [0.05, 0.1) is 5.69 Å². The van der Waals surface area contributed by atoms with Crippen LogP contribution in [0.15, 0.2) is 5.38 Å². The first-order valence-electron chi connectivity index (χ1n) is 5.37. The highest BCUT2D eigenvalue weighted by atomic mass is 32.1. The highest BCUT2D eigenvalue weighted by Gasteiger charge is 2.27. The average Bonchev–Trinajstić information content (AvgIpc) is 2.74. The number of nitrogens with one attached hydrogen (secondary N) is 1. The summed E-state index contributed by atoms with van der Waals surface area (Å²) in [5, 5.41) is 6.44. The van der Waals surface area contributed by atoms with Crippen LogP contribution in [0.5, 0.6) is 0 Å². The lowest BCUT2D eigenvalue weighted by atomic mass is 10.1. The van der Waals surface area contributed by atoms with Crippen LogP contribution < -0.4 is 5.32 Å². The molecule has 15 heavy (non-hydrogen) atoms. The fourth-order valence-corrected chi connectivity index (χ4v) is 2.30. The third kappa shape index (κ3) is 3.00. The summed E-state index contributed by atoms with van der Waals surface area (Å²) in [6.07, 6.45) is 0.942. The summed E-state index contributed by atoms with van der Waals surface area (Å²) in [6.45, 7) is 8.12. The molecule has 1 aromatic heterocycles. The molecule has 1 rings (SSSR count). The lowest BCUT2D eigenvalue weighted by Crippen LogP contribution is -2.23. The standard InChI is InChI=1S/C11H20N2OS/c1-5-11(3,14-4)10-13-9(8-15-10)7-12-6-2/h8,12H,5-7H2,1-4H3. The third-order valence-electron chi connectivity index (χ3n) is 2.69. The van der Waals surface area contributed by atoms with Crippen molar-refractivity contribution in [2.24, 2.45) is 0 Å². The zero-order valence-corrected chi connectivity index (χ0v) is 10.8. The molecule has 0 bridgehead atoms. The van der Waals surface area contributed by atoms with Gasteiger partial charge in [0.1, 0.15) is 10.6 Å². The Morgan fingerprint density at radius 2 is 2.27 bits per heavy atom. The maximum atomic E-state index is 5.52. The van der Waals surface area contributed by atoms with Crippen LogP contribution in [0.1, 0.15) is 37.9 Å². The molecule has 86 valence electrons. The lowest BCUT2D eigenvalue weighted by molar-refractivity contribution is -0.00167. The van der Waals surface area contributed by atoms with E-state index >= 15 is 0 Å². The van der Waals surface area contributed by atoms with E-state index in [1.807, 2.05) is 0 Å². The summed E-state index contributed by atoms with van der Waals surface area (Å²) in [5.74, 6) is 0. The van der Waals surface area contributed by atoms with E-state index in [1.165, 1.54) is 0 Å². The van der Waals surface area contributed by atoms with Gasteiger partial charge in [0.15, 0.2) is 0 Å². The molecule has 0 saturated heterocycles.